The van der Waals surface area contributed by atoms with Gasteiger partial charge >= 0.3 is 0 Å². The van der Waals surface area contributed by atoms with Gasteiger partial charge in [-0.05, 0) is 70.2 Å². The molecule has 1 unspecified atom stereocenters. The molecule has 0 aliphatic carbocycles. The number of nitrogens with zero attached hydrogens (tertiary/aromatic N) is 1. The Bertz CT molecular complexity index is 893. The van der Waals surface area contributed by atoms with Gasteiger partial charge in [0.15, 0.2) is 0 Å². The van der Waals surface area contributed by atoms with E-state index >= 15 is 0 Å². The Morgan fingerprint density at radius 2 is 1.80 bits per heavy atom. The first-order valence-electron chi connectivity index (χ1n) is 8.08. The lowest BCUT2D eigenvalue weighted by molar-refractivity contribution is 0.0942. The van der Waals surface area contributed by atoms with E-state index in [1.807, 2.05) is 30.3 Å². The number of carbonyl (C=O) groups excluding carboxylic acids is 1. The van der Waals surface area contributed by atoms with Crippen LogP contribution < -0.4 is 5.32 Å². The zero-order valence-corrected chi connectivity index (χ0v) is 15.7. The van der Waals surface area contributed by atoms with E-state index in [9.17, 15) is 4.79 Å². The van der Waals surface area contributed by atoms with E-state index in [1.54, 1.807) is 18.5 Å². The molecule has 0 aliphatic heterocycles. The van der Waals surface area contributed by atoms with Crippen molar-refractivity contribution in [3.8, 4) is 0 Å². The Labute approximate surface area is 156 Å². The molecule has 3 rings (SSSR count). The largest absolute Gasteiger partial charge is 0.341 e. The zero-order valence-electron chi connectivity index (χ0n) is 14.2. The maximum atomic E-state index is 12.8. The quantitative estimate of drug-likeness (QED) is 0.677. The van der Waals surface area contributed by atoms with Gasteiger partial charge in [-0.3, -0.25) is 9.78 Å². The number of hydrogen-bond acceptors (Lipinski definition) is 2. The van der Waals surface area contributed by atoms with Gasteiger partial charge in [0.25, 0.3) is 5.91 Å². The second-order valence-corrected chi connectivity index (χ2v) is 6.87. The fourth-order valence-corrected chi connectivity index (χ4v) is 3.17. The normalized spacial score (nSPS) is 11.8. The molecule has 126 valence electrons. The van der Waals surface area contributed by atoms with Crippen LogP contribution in [0.3, 0.4) is 0 Å². The van der Waals surface area contributed by atoms with Gasteiger partial charge in [0.05, 0.1) is 11.6 Å². The van der Waals surface area contributed by atoms with Crippen LogP contribution in [0.1, 0.15) is 38.7 Å². The predicted molar refractivity (Wildman–Crippen MR) is 104 cm³/mol. The number of aromatic nitrogens is 1. The van der Waals surface area contributed by atoms with Gasteiger partial charge in [0.1, 0.15) is 0 Å². The van der Waals surface area contributed by atoms with Crippen LogP contribution in [0.25, 0.3) is 0 Å². The standard InChI is InChI=1S/C21H19BrN2O/c1-14-9-10-16(12-15(14)2)20(17-6-5-11-23-13-17)24-21(25)18-7-3-4-8-19(18)22/h3-13,20H,1-2H3,(H,24,25). The third-order valence-electron chi connectivity index (χ3n) is 4.28. The molecule has 3 nitrogen and oxygen atoms in total. The smallest absolute Gasteiger partial charge is 0.253 e. The minimum Gasteiger partial charge on any atom is -0.341 e. The van der Waals surface area contributed by atoms with Crippen LogP contribution in [0, 0.1) is 13.8 Å². The van der Waals surface area contributed by atoms with E-state index in [2.05, 4.69) is 58.3 Å². The van der Waals surface area contributed by atoms with E-state index < -0.39 is 0 Å². The highest BCUT2D eigenvalue weighted by atomic mass is 79.9. The number of pyridine rings is 1. The van der Waals surface area contributed by atoms with Gasteiger partial charge in [-0.25, -0.2) is 0 Å². The third-order valence-corrected chi connectivity index (χ3v) is 4.97. The summed E-state index contributed by atoms with van der Waals surface area (Å²) in [5, 5.41) is 3.14. The van der Waals surface area contributed by atoms with Gasteiger partial charge in [0.2, 0.25) is 0 Å². The van der Waals surface area contributed by atoms with Crippen molar-refractivity contribution in [1.82, 2.24) is 10.3 Å². The molecule has 1 heterocycles. The first-order chi connectivity index (χ1) is 12.1. The number of aryl methyl sites for hydroxylation is 2. The number of hydrogen-bond donors (Lipinski definition) is 1. The lowest BCUT2D eigenvalue weighted by Crippen LogP contribution is -2.29. The van der Waals surface area contributed by atoms with Crippen LogP contribution in [0.4, 0.5) is 0 Å². The molecule has 3 aromatic rings. The van der Waals surface area contributed by atoms with E-state index in [1.165, 1.54) is 11.1 Å². The number of benzene rings is 2. The van der Waals surface area contributed by atoms with Crippen molar-refractivity contribution in [1.29, 1.82) is 0 Å². The number of carbonyl (C=O) groups is 1. The summed E-state index contributed by atoms with van der Waals surface area (Å²) in [5.41, 5.74) is 5.02. The molecule has 0 saturated heterocycles. The van der Waals surface area contributed by atoms with Crippen molar-refractivity contribution in [3.63, 3.8) is 0 Å². The molecule has 0 aliphatic rings. The van der Waals surface area contributed by atoms with Gasteiger partial charge in [-0.15, -0.1) is 0 Å². The maximum Gasteiger partial charge on any atom is 0.253 e. The molecule has 2 aromatic carbocycles. The molecule has 0 bridgehead atoms. The Balaban J connectivity index is 1.99. The van der Waals surface area contributed by atoms with Crippen molar-refractivity contribution in [2.75, 3.05) is 0 Å². The van der Waals surface area contributed by atoms with Crippen molar-refractivity contribution in [2.45, 2.75) is 19.9 Å². The summed E-state index contributed by atoms with van der Waals surface area (Å²) in [6.45, 7) is 4.16. The summed E-state index contributed by atoms with van der Waals surface area (Å²) < 4.78 is 0.775. The van der Waals surface area contributed by atoms with Gasteiger partial charge in [-0.1, -0.05) is 36.4 Å². The number of nitrogens with one attached hydrogen (secondary N) is 1. The fraction of sp³-hybridized carbons (Fsp3) is 0.143. The summed E-state index contributed by atoms with van der Waals surface area (Å²) in [4.78, 5) is 17.0. The van der Waals surface area contributed by atoms with Crippen LogP contribution in [0.15, 0.2) is 71.5 Å². The fourth-order valence-electron chi connectivity index (χ4n) is 2.70. The summed E-state index contributed by atoms with van der Waals surface area (Å²) in [7, 11) is 0. The Kier molecular flexibility index (Phi) is 5.29. The van der Waals surface area contributed by atoms with Crippen molar-refractivity contribution in [3.05, 3.63) is 99.3 Å². The summed E-state index contributed by atoms with van der Waals surface area (Å²) in [5.74, 6) is -0.125. The van der Waals surface area contributed by atoms with Gasteiger partial charge < -0.3 is 5.32 Å². The van der Waals surface area contributed by atoms with E-state index in [4.69, 9.17) is 0 Å². The maximum absolute atomic E-state index is 12.8. The third kappa shape index (κ3) is 3.97. The van der Waals surface area contributed by atoms with E-state index in [0.29, 0.717) is 5.56 Å². The summed E-state index contributed by atoms with van der Waals surface area (Å²) in [6, 6.07) is 17.3. The Morgan fingerprint density at radius 1 is 1.00 bits per heavy atom. The summed E-state index contributed by atoms with van der Waals surface area (Å²) in [6.07, 6.45) is 3.52. The predicted octanol–water partition coefficient (Wildman–Crippen LogP) is 4.98. The number of halogens is 1. The number of amides is 1. The van der Waals surface area contributed by atoms with Crippen LogP contribution in [0.5, 0.6) is 0 Å². The van der Waals surface area contributed by atoms with Gasteiger partial charge in [0, 0.05) is 16.9 Å². The molecule has 0 fully saturated rings. The van der Waals surface area contributed by atoms with Crippen LogP contribution in [-0.4, -0.2) is 10.9 Å². The highest BCUT2D eigenvalue weighted by Crippen LogP contribution is 2.25. The molecular weight excluding hydrogens is 376 g/mol. The monoisotopic (exact) mass is 394 g/mol. The van der Waals surface area contributed by atoms with Crippen molar-refractivity contribution >= 4 is 21.8 Å². The second kappa shape index (κ2) is 7.62. The minimum absolute atomic E-state index is 0.125. The molecule has 1 N–H and O–H groups in total. The molecule has 0 spiro atoms. The van der Waals surface area contributed by atoms with Crippen LogP contribution in [0.2, 0.25) is 0 Å². The first-order valence-corrected chi connectivity index (χ1v) is 8.88. The van der Waals surface area contributed by atoms with E-state index in [0.717, 1.165) is 15.6 Å². The molecule has 1 aromatic heterocycles. The Hall–Kier alpha value is -2.46. The number of rotatable bonds is 4. The summed E-state index contributed by atoms with van der Waals surface area (Å²) >= 11 is 3.45. The molecule has 1 amide bonds. The van der Waals surface area contributed by atoms with Crippen LogP contribution >= 0.6 is 15.9 Å². The lowest BCUT2D eigenvalue weighted by Gasteiger charge is -2.21. The average molecular weight is 395 g/mol. The zero-order chi connectivity index (χ0) is 17.8. The highest BCUT2D eigenvalue weighted by molar-refractivity contribution is 9.10. The molecule has 0 radical (unpaired) electrons. The minimum atomic E-state index is -0.257. The molecule has 0 saturated carbocycles. The Morgan fingerprint density at radius 3 is 2.48 bits per heavy atom. The van der Waals surface area contributed by atoms with Crippen molar-refractivity contribution in [2.24, 2.45) is 0 Å². The molecular formula is C21H19BrN2O. The van der Waals surface area contributed by atoms with Gasteiger partial charge in [-0.2, -0.15) is 0 Å². The first kappa shape index (κ1) is 17.4. The van der Waals surface area contributed by atoms with Crippen molar-refractivity contribution < 1.29 is 4.79 Å². The average Bonchev–Trinajstić information content (AvgIpc) is 2.63. The van der Waals surface area contributed by atoms with E-state index in [-0.39, 0.29) is 11.9 Å². The molecule has 4 heteroatoms. The highest BCUT2D eigenvalue weighted by Gasteiger charge is 2.19. The topological polar surface area (TPSA) is 42.0 Å². The SMILES string of the molecule is Cc1ccc(C(NC(=O)c2ccccc2Br)c2cccnc2)cc1C. The second-order valence-electron chi connectivity index (χ2n) is 6.02. The van der Waals surface area contributed by atoms with Crippen LogP contribution in [-0.2, 0) is 0 Å². The molecule has 25 heavy (non-hydrogen) atoms. The molecule has 1 atom stereocenters. The lowest BCUT2D eigenvalue weighted by atomic mass is 9.96.